The fraction of sp³-hybridized carbons (Fsp3) is 0.125. The van der Waals surface area contributed by atoms with E-state index in [0.29, 0.717) is 29.8 Å². The molecule has 3 rings (SSSR count). The number of hydrogen-bond acceptors (Lipinski definition) is 10. The van der Waals surface area contributed by atoms with Crippen molar-refractivity contribution in [3.8, 4) is 11.5 Å². The van der Waals surface area contributed by atoms with Gasteiger partial charge in [0.15, 0.2) is 17.1 Å². The van der Waals surface area contributed by atoms with E-state index in [1.807, 2.05) is 5.43 Å². The lowest BCUT2D eigenvalue weighted by molar-refractivity contribution is -0.403. The molecule has 1 aliphatic rings. The highest BCUT2D eigenvalue weighted by Gasteiger charge is 2.30. The third kappa shape index (κ3) is 4.11. The van der Waals surface area contributed by atoms with Crippen molar-refractivity contribution in [2.75, 3.05) is 6.61 Å². The van der Waals surface area contributed by atoms with Crippen LogP contribution >= 0.6 is 0 Å². The standard InChI is InChI=1S/C16H11N5O9/c22-16(15-8-29-13-3-1-2-4-14(13)30-15)18-17-7-10-11(20(25)26)5-9(19(23)24)6-12(10)21(27)28/h1-7,15H,8H2,(H,18,22)/b17-7+. The Bertz CT molecular complexity index is 1050. The van der Waals surface area contributed by atoms with Gasteiger partial charge >= 0.3 is 0 Å². The summed E-state index contributed by atoms with van der Waals surface area (Å²) in [6, 6.07) is 7.75. The van der Waals surface area contributed by atoms with Gasteiger partial charge in [-0.3, -0.25) is 35.1 Å². The molecule has 0 aromatic heterocycles. The second-order valence-corrected chi connectivity index (χ2v) is 5.77. The molecule has 30 heavy (non-hydrogen) atoms. The number of hydrazone groups is 1. The van der Waals surface area contributed by atoms with E-state index in [4.69, 9.17) is 9.47 Å². The van der Waals surface area contributed by atoms with Crippen LogP contribution in [-0.2, 0) is 4.79 Å². The molecule has 0 spiro atoms. The maximum atomic E-state index is 12.2. The Hall–Kier alpha value is -4.62. The molecule has 0 bridgehead atoms. The van der Waals surface area contributed by atoms with Crippen LogP contribution in [0.25, 0.3) is 0 Å². The normalized spacial score (nSPS) is 14.9. The molecule has 1 aliphatic heterocycles. The van der Waals surface area contributed by atoms with E-state index in [0.717, 1.165) is 0 Å². The Morgan fingerprint density at radius 3 is 2.20 bits per heavy atom. The van der Waals surface area contributed by atoms with Crippen molar-refractivity contribution in [2.45, 2.75) is 6.10 Å². The lowest BCUT2D eigenvalue weighted by Crippen LogP contribution is -2.42. The first kappa shape index (κ1) is 20.1. The predicted molar refractivity (Wildman–Crippen MR) is 98.5 cm³/mol. The smallest absolute Gasteiger partial charge is 0.292 e. The highest BCUT2D eigenvalue weighted by Crippen LogP contribution is 2.33. The third-order valence-electron chi connectivity index (χ3n) is 3.89. The van der Waals surface area contributed by atoms with Gasteiger partial charge in [-0.1, -0.05) is 12.1 Å². The number of nitrogens with one attached hydrogen (secondary N) is 1. The lowest BCUT2D eigenvalue weighted by Gasteiger charge is -2.24. The van der Waals surface area contributed by atoms with Crippen molar-refractivity contribution in [2.24, 2.45) is 5.10 Å². The quantitative estimate of drug-likeness (QED) is 0.414. The van der Waals surface area contributed by atoms with Crippen LogP contribution in [0, 0.1) is 30.3 Å². The summed E-state index contributed by atoms with van der Waals surface area (Å²) in [5, 5.41) is 36.8. The van der Waals surface area contributed by atoms with Gasteiger partial charge in [-0.25, -0.2) is 5.43 Å². The zero-order valence-electron chi connectivity index (χ0n) is 14.8. The minimum absolute atomic E-state index is 0.129. The van der Waals surface area contributed by atoms with Crippen LogP contribution in [0.5, 0.6) is 11.5 Å². The predicted octanol–water partition coefficient (Wildman–Crippen LogP) is 1.70. The Morgan fingerprint density at radius 2 is 1.63 bits per heavy atom. The molecule has 0 saturated heterocycles. The summed E-state index contributed by atoms with van der Waals surface area (Å²) in [5.41, 5.74) is -1.24. The molecule has 1 unspecified atom stereocenters. The van der Waals surface area contributed by atoms with E-state index in [2.05, 4.69) is 5.10 Å². The van der Waals surface area contributed by atoms with Crippen LogP contribution in [0.1, 0.15) is 5.56 Å². The topological polar surface area (TPSA) is 189 Å². The number of carbonyl (C=O) groups excluding carboxylic acids is 1. The maximum absolute atomic E-state index is 12.2. The Kier molecular flexibility index (Phi) is 5.48. The molecule has 2 aromatic rings. The van der Waals surface area contributed by atoms with Gasteiger partial charge in [0.25, 0.3) is 23.0 Å². The summed E-state index contributed by atoms with van der Waals surface area (Å²) in [5.74, 6) is 0.00433. The highest BCUT2D eigenvalue weighted by molar-refractivity contribution is 5.93. The number of rotatable bonds is 6. The lowest BCUT2D eigenvalue weighted by atomic mass is 10.1. The van der Waals surface area contributed by atoms with E-state index in [1.54, 1.807) is 24.3 Å². The SMILES string of the molecule is O=C(N/N=C/c1c([N+](=O)[O-])cc([N+](=O)[O-])cc1[N+](=O)[O-])C1COc2ccccc2O1. The number of ether oxygens (including phenoxy) is 2. The number of para-hydroxylation sites is 2. The minimum atomic E-state index is -1.08. The van der Waals surface area contributed by atoms with E-state index in [1.165, 1.54) is 0 Å². The van der Waals surface area contributed by atoms with Crippen LogP contribution in [0.15, 0.2) is 41.5 Å². The number of hydrogen-bond donors (Lipinski definition) is 1. The molecular formula is C16H11N5O9. The molecule has 0 fully saturated rings. The maximum Gasteiger partial charge on any atom is 0.292 e. The molecule has 1 atom stereocenters. The monoisotopic (exact) mass is 417 g/mol. The Morgan fingerprint density at radius 1 is 1.03 bits per heavy atom. The van der Waals surface area contributed by atoms with Gasteiger partial charge in [-0.15, -0.1) is 0 Å². The summed E-state index contributed by atoms with van der Waals surface area (Å²) < 4.78 is 10.8. The third-order valence-corrected chi connectivity index (χ3v) is 3.89. The minimum Gasteiger partial charge on any atom is -0.485 e. The molecule has 1 amide bonds. The second-order valence-electron chi connectivity index (χ2n) is 5.77. The van der Waals surface area contributed by atoms with Crippen LogP contribution < -0.4 is 14.9 Å². The molecule has 0 radical (unpaired) electrons. The average Bonchev–Trinajstić information content (AvgIpc) is 2.72. The molecule has 1 N–H and O–H groups in total. The van der Waals surface area contributed by atoms with E-state index in [-0.39, 0.29) is 6.61 Å². The number of fused-ring (bicyclic) bond motifs is 1. The van der Waals surface area contributed by atoms with Crippen molar-refractivity contribution >= 4 is 29.2 Å². The van der Waals surface area contributed by atoms with Crippen molar-refractivity contribution in [3.63, 3.8) is 0 Å². The summed E-state index contributed by atoms with van der Waals surface area (Å²) >= 11 is 0. The largest absolute Gasteiger partial charge is 0.485 e. The van der Waals surface area contributed by atoms with Crippen molar-refractivity contribution in [3.05, 3.63) is 72.3 Å². The van der Waals surface area contributed by atoms with Crippen molar-refractivity contribution < 1.29 is 29.0 Å². The first-order valence-corrected chi connectivity index (χ1v) is 8.10. The fourth-order valence-electron chi connectivity index (χ4n) is 2.53. The summed E-state index contributed by atoms with van der Waals surface area (Å²) in [6.07, 6.45) is -0.422. The van der Waals surface area contributed by atoms with Gasteiger partial charge in [-0.2, -0.15) is 5.10 Å². The summed E-state index contributed by atoms with van der Waals surface area (Å²) in [6.45, 7) is -0.129. The number of benzene rings is 2. The zero-order chi connectivity index (χ0) is 21.8. The molecule has 0 aliphatic carbocycles. The van der Waals surface area contributed by atoms with Crippen LogP contribution in [0.2, 0.25) is 0 Å². The fourth-order valence-corrected chi connectivity index (χ4v) is 2.53. The van der Waals surface area contributed by atoms with Gasteiger partial charge in [0.2, 0.25) is 6.10 Å². The molecule has 14 heteroatoms. The van der Waals surface area contributed by atoms with Crippen LogP contribution in [-0.4, -0.2) is 39.6 Å². The molecule has 154 valence electrons. The van der Waals surface area contributed by atoms with Gasteiger partial charge < -0.3 is 9.47 Å². The van der Waals surface area contributed by atoms with Gasteiger partial charge in [0.1, 0.15) is 6.61 Å². The van der Waals surface area contributed by atoms with E-state index in [9.17, 15) is 35.1 Å². The van der Waals surface area contributed by atoms with Crippen molar-refractivity contribution in [1.82, 2.24) is 5.43 Å². The first-order valence-electron chi connectivity index (χ1n) is 8.10. The number of non-ortho nitro benzene ring substituents is 1. The zero-order valence-corrected chi connectivity index (χ0v) is 14.8. The molecular weight excluding hydrogens is 406 g/mol. The first-order chi connectivity index (χ1) is 14.3. The Balaban J connectivity index is 1.82. The molecule has 14 nitrogen and oxygen atoms in total. The average molecular weight is 417 g/mol. The Labute approximate surface area is 166 Å². The number of carbonyl (C=O) groups is 1. The van der Waals surface area contributed by atoms with Gasteiger partial charge in [0.05, 0.1) is 33.1 Å². The van der Waals surface area contributed by atoms with Crippen LogP contribution in [0.3, 0.4) is 0 Å². The summed E-state index contributed by atoms with van der Waals surface area (Å²) in [4.78, 5) is 42.4. The molecule has 1 heterocycles. The second kappa shape index (κ2) is 8.17. The highest BCUT2D eigenvalue weighted by atomic mass is 16.6. The molecule has 0 saturated carbocycles. The van der Waals surface area contributed by atoms with Crippen LogP contribution in [0.4, 0.5) is 17.1 Å². The number of nitrogens with zero attached hydrogens (tertiary/aromatic N) is 4. The van der Waals surface area contributed by atoms with Gasteiger partial charge in [0, 0.05) is 0 Å². The number of nitro groups is 3. The number of nitro benzene ring substituents is 3. The van der Waals surface area contributed by atoms with E-state index < -0.39 is 49.4 Å². The number of amides is 1. The molecule has 2 aromatic carbocycles. The van der Waals surface area contributed by atoms with Crippen molar-refractivity contribution in [1.29, 1.82) is 0 Å². The summed E-state index contributed by atoms with van der Waals surface area (Å²) in [7, 11) is 0. The van der Waals surface area contributed by atoms with Gasteiger partial charge in [-0.05, 0) is 12.1 Å². The van der Waals surface area contributed by atoms with E-state index >= 15 is 0 Å².